The molecule has 0 unspecified atom stereocenters. The molecule has 4 rings (SSSR count). The summed E-state index contributed by atoms with van der Waals surface area (Å²) in [5, 5.41) is 8.25. The predicted molar refractivity (Wildman–Crippen MR) is 94.8 cm³/mol. The van der Waals surface area contributed by atoms with Crippen LogP contribution in [0, 0.1) is 5.92 Å². The van der Waals surface area contributed by atoms with E-state index in [2.05, 4.69) is 21.4 Å². The van der Waals surface area contributed by atoms with Crippen LogP contribution < -0.4 is 0 Å². The van der Waals surface area contributed by atoms with Gasteiger partial charge in [-0.3, -0.25) is 9.78 Å². The molecule has 1 atom stereocenters. The first-order chi connectivity index (χ1) is 12.3. The van der Waals surface area contributed by atoms with Crippen LogP contribution >= 0.6 is 0 Å². The van der Waals surface area contributed by atoms with Gasteiger partial charge in [0, 0.05) is 25.5 Å². The number of likely N-dealkylation sites (tertiary alicyclic amines) is 1. The molecule has 0 N–H and O–H groups in total. The third kappa shape index (κ3) is 3.52. The van der Waals surface area contributed by atoms with Crippen molar-refractivity contribution in [2.75, 3.05) is 13.1 Å². The first kappa shape index (κ1) is 15.7. The van der Waals surface area contributed by atoms with Gasteiger partial charge >= 0.3 is 0 Å². The molecular weight excluding hydrogens is 314 g/mol. The van der Waals surface area contributed by atoms with Gasteiger partial charge in [-0.1, -0.05) is 23.4 Å². The van der Waals surface area contributed by atoms with Crippen molar-refractivity contribution in [3.63, 3.8) is 0 Å². The summed E-state index contributed by atoms with van der Waals surface area (Å²) in [6, 6.07) is 11.8. The van der Waals surface area contributed by atoms with Gasteiger partial charge in [-0.05, 0) is 48.9 Å². The van der Waals surface area contributed by atoms with Crippen LogP contribution in [-0.4, -0.2) is 43.9 Å². The van der Waals surface area contributed by atoms with Crippen LogP contribution in [0.25, 0.3) is 11.0 Å². The first-order valence-electron chi connectivity index (χ1n) is 8.74. The number of para-hydroxylation sites is 1. The molecule has 1 aliphatic rings. The summed E-state index contributed by atoms with van der Waals surface area (Å²) in [6.45, 7) is 1.88. The Morgan fingerprint density at radius 1 is 1.20 bits per heavy atom. The maximum Gasteiger partial charge on any atom is 0.244 e. The molecule has 0 saturated carbocycles. The summed E-state index contributed by atoms with van der Waals surface area (Å²) in [5.74, 6) is 0.612. The SMILES string of the molecule is O=C(Cn1nnc2ccccc21)N1CCC[C@H](Cc2cccnc2)C1. The van der Waals surface area contributed by atoms with Crippen LogP contribution in [0.2, 0.25) is 0 Å². The number of carbonyl (C=O) groups is 1. The number of piperidine rings is 1. The molecule has 1 saturated heterocycles. The fourth-order valence-corrected chi connectivity index (χ4v) is 3.57. The third-order valence-corrected chi connectivity index (χ3v) is 4.82. The highest BCUT2D eigenvalue weighted by atomic mass is 16.2. The zero-order chi connectivity index (χ0) is 17.1. The normalized spacial score (nSPS) is 17.8. The third-order valence-electron chi connectivity index (χ3n) is 4.82. The summed E-state index contributed by atoms with van der Waals surface area (Å²) >= 11 is 0. The molecule has 3 heterocycles. The minimum absolute atomic E-state index is 0.117. The number of carbonyl (C=O) groups excluding carboxylic acids is 1. The van der Waals surface area contributed by atoms with E-state index < -0.39 is 0 Å². The quantitative estimate of drug-likeness (QED) is 0.734. The molecule has 1 amide bonds. The molecule has 1 fully saturated rings. The Morgan fingerprint density at radius 3 is 3.00 bits per heavy atom. The van der Waals surface area contributed by atoms with E-state index in [1.165, 1.54) is 5.56 Å². The first-order valence-corrected chi connectivity index (χ1v) is 8.74. The summed E-state index contributed by atoms with van der Waals surface area (Å²) in [5.41, 5.74) is 2.97. The number of hydrogen-bond donors (Lipinski definition) is 0. The maximum atomic E-state index is 12.7. The standard InChI is InChI=1S/C19H21N5O/c25-19(14-24-18-8-2-1-7-17(18)21-22-24)23-10-4-6-16(13-23)11-15-5-3-9-20-12-15/h1-3,5,7-9,12,16H,4,6,10-11,13-14H2/t16-/m1/s1. The van der Waals surface area contributed by atoms with Gasteiger partial charge in [0.2, 0.25) is 5.91 Å². The second kappa shape index (κ2) is 7.01. The lowest BCUT2D eigenvalue weighted by molar-refractivity contribution is -0.133. The fraction of sp³-hybridized carbons (Fsp3) is 0.368. The van der Waals surface area contributed by atoms with Crippen molar-refractivity contribution in [3.05, 3.63) is 54.4 Å². The Balaban J connectivity index is 1.41. The Hall–Kier alpha value is -2.76. The molecule has 0 spiro atoms. The van der Waals surface area contributed by atoms with Crippen molar-refractivity contribution in [2.24, 2.45) is 5.92 Å². The number of amides is 1. The van der Waals surface area contributed by atoms with Crippen LogP contribution in [0.5, 0.6) is 0 Å². The van der Waals surface area contributed by atoms with Crippen LogP contribution in [0.15, 0.2) is 48.8 Å². The van der Waals surface area contributed by atoms with E-state index in [9.17, 15) is 4.79 Å². The minimum atomic E-state index is 0.117. The Kier molecular flexibility index (Phi) is 4.41. The number of hydrogen-bond acceptors (Lipinski definition) is 4. The lowest BCUT2D eigenvalue weighted by Gasteiger charge is -2.33. The van der Waals surface area contributed by atoms with E-state index in [1.54, 1.807) is 10.9 Å². The number of rotatable bonds is 4. The number of benzene rings is 1. The average molecular weight is 335 g/mol. The van der Waals surface area contributed by atoms with Crippen molar-refractivity contribution < 1.29 is 4.79 Å². The smallest absolute Gasteiger partial charge is 0.244 e. The summed E-state index contributed by atoms with van der Waals surface area (Å²) in [4.78, 5) is 18.9. The van der Waals surface area contributed by atoms with Crippen LogP contribution in [0.1, 0.15) is 18.4 Å². The largest absolute Gasteiger partial charge is 0.341 e. The second-order valence-electron chi connectivity index (χ2n) is 6.65. The van der Waals surface area contributed by atoms with E-state index in [0.29, 0.717) is 5.92 Å². The van der Waals surface area contributed by atoms with Crippen molar-refractivity contribution in [3.8, 4) is 0 Å². The summed E-state index contributed by atoms with van der Waals surface area (Å²) in [7, 11) is 0. The number of fused-ring (bicyclic) bond motifs is 1. The van der Waals surface area contributed by atoms with Gasteiger partial charge in [-0.2, -0.15) is 0 Å². The molecule has 0 aliphatic carbocycles. The Labute approximate surface area is 146 Å². The summed E-state index contributed by atoms with van der Waals surface area (Å²) in [6.07, 6.45) is 6.90. The van der Waals surface area contributed by atoms with Gasteiger partial charge < -0.3 is 4.90 Å². The van der Waals surface area contributed by atoms with E-state index in [0.717, 1.165) is 43.4 Å². The number of aromatic nitrogens is 4. The zero-order valence-electron chi connectivity index (χ0n) is 14.1. The molecule has 128 valence electrons. The average Bonchev–Trinajstić information content (AvgIpc) is 3.06. The molecular formula is C19H21N5O. The molecule has 2 aromatic heterocycles. The van der Waals surface area contributed by atoms with Crippen LogP contribution in [-0.2, 0) is 17.8 Å². The van der Waals surface area contributed by atoms with Crippen LogP contribution in [0.3, 0.4) is 0 Å². The Bertz CT molecular complexity index is 860. The molecule has 25 heavy (non-hydrogen) atoms. The topological polar surface area (TPSA) is 63.9 Å². The van der Waals surface area contributed by atoms with Crippen LogP contribution in [0.4, 0.5) is 0 Å². The van der Waals surface area contributed by atoms with E-state index >= 15 is 0 Å². The highest BCUT2D eigenvalue weighted by Crippen LogP contribution is 2.21. The lowest BCUT2D eigenvalue weighted by atomic mass is 9.92. The maximum absolute atomic E-state index is 12.7. The van der Waals surface area contributed by atoms with Crippen molar-refractivity contribution in [2.45, 2.75) is 25.8 Å². The van der Waals surface area contributed by atoms with Gasteiger partial charge in [-0.15, -0.1) is 5.10 Å². The molecule has 6 nitrogen and oxygen atoms in total. The predicted octanol–water partition coefficient (Wildman–Crippen LogP) is 2.31. The van der Waals surface area contributed by atoms with E-state index in [4.69, 9.17) is 0 Å². The molecule has 1 aliphatic heterocycles. The second-order valence-corrected chi connectivity index (χ2v) is 6.65. The zero-order valence-corrected chi connectivity index (χ0v) is 14.1. The lowest BCUT2D eigenvalue weighted by Crippen LogP contribution is -2.42. The monoisotopic (exact) mass is 335 g/mol. The van der Waals surface area contributed by atoms with E-state index in [1.807, 2.05) is 41.4 Å². The fourth-order valence-electron chi connectivity index (χ4n) is 3.57. The molecule has 3 aromatic rings. The molecule has 6 heteroatoms. The van der Waals surface area contributed by atoms with Crippen molar-refractivity contribution in [1.29, 1.82) is 0 Å². The van der Waals surface area contributed by atoms with Gasteiger partial charge in [0.1, 0.15) is 12.1 Å². The molecule has 1 aromatic carbocycles. The van der Waals surface area contributed by atoms with Crippen molar-refractivity contribution >= 4 is 16.9 Å². The number of nitrogens with zero attached hydrogens (tertiary/aromatic N) is 5. The van der Waals surface area contributed by atoms with Gasteiger partial charge in [0.05, 0.1) is 5.52 Å². The number of pyridine rings is 1. The van der Waals surface area contributed by atoms with Gasteiger partial charge in [-0.25, -0.2) is 4.68 Å². The Morgan fingerprint density at radius 2 is 2.12 bits per heavy atom. The van der Waals surface area contributed by atoms with E-state index in [-0.39, 0.29) is 12.5 Å². The highest BCUT2D eigenvalue weighted by molar-refractivity contribution is 5.79. The van der Waals surface area contributed by atoms with Gasteiger partial charge in [0.15, 0.2) is 0 Å². The molecule has 0 radical (unpaired) electrons. The van der Waals surface area contributed by atoms with Crippen molar-refractivity contribution in [1.82, 2.24) is 24.9 Å². The van der Waals surface area contributed by atoms with Gasteiger partial charge in [0.25, 0.3) is 0 Å². The molecule has 0 bridgehead atoms. The minimum Gasteiger partial charge on any atom is -0.341 e. The highest BCUT2D eigenvalue weighted by Gasteiger charge is 2.24. The summed E-state index contributed by atoms with van der Waals surface area (Å²) < 4.78 is 1.70.